The third-order valence-electron chi connectivity index (χ3n) is 2.35. The third-order valence-corrected chi connectivity index (χ3v) is 2.35. The second-order valence-corrected chi connectivity index (χ2v) is 4.63. The topological polar surface area (TPSA) is 84.2 Å². The lowest BCUT2D eigenvalue weighted by molar-refractivity contribution is -0.123. The van der Waals surface area contributed by atoms with Crippen LogP contribution in [0.3, 0.4) is 0 Å². The Kier molecular flexibility index (Phi) is 4.86. The van der Waals surface area contributed by atoms with Crippen LogP contribution in [0.15, 0.2) is 18.2 Å². The molecule has 19 heavy (non-hydrogen) atoms. The fourth-order valence-corrected chi connectivity index (χ4v) is 1.50. The Morgan fingerprint density at radius 1 is 1.16 bits per heavy atom. The van der Waals surface area contributed by atoms with Gasteiger partial charge in [-0.05, 0) is 39.0 Å². The zero-order valence-corrected chi connectivity index (χ0v) is 11.2. The van der Waals surface area contributed by atoms with Gasteiger partial charge in [-0.15, -0.1) is 0 Å². The summed E-state index contributed by atoms with van der Waals surface area (Å²) in [6, 6.07) is 2.81. The highest BCUT2D eigenvalue weighted by atomic mass is 19.1. The van der Waals surface area contributed by atoms with Gasteiger partial charge in [0, 0.05) is 17.3 Å². The Morgan fingerprint density at radius 2 is 1.79 bits per heavy atom. The first-order chi connectivity index (χ1) is 8.79. The molecule has 0 aliphatic heterocycles. The number of nitrogens with one attached hydrogen (secondary N) is 2. The number of halogens is 1. The van der Waals surface area contributed by atoms with Gasteiger partial charge in [-0.2, -0.15) is 0 Å². The van der Waals surface area contributed by atoms with Gasteiger partial charge in [0.1, 0.15) is 11.9 Å². The maximum atomic E-state index is 13.1. The van der Waals surface area contributed by atoms with Crippen molar-refractivity contribution in [3.05, 3.63) is 29.6 Å². The molecule has 1 unspecified atom stereocenters. The SMILES string of the molecule is CC(C)NC(=O)C(C)NC(=O)c1cc(N)cc(F)c1. The summed E-state index contributed by atoms with van der Waals surface area (Å²) in [7, 11) is 0. The number of carbonyl (C=O) groups excluding carboxylic acids is 2. The van der Waals surface area contributed by atoms with E-state index in [9.17, 15) is 14.0 Å². The largest absolute Gasteiger partial charge is 0.399 e. The molecule has 0 bridgehead atoms. The predicted octanol–water partition coefficient (Wildman–Crippen LogP) is 1.05. The number of nitrogens with two attached hydrogens (primary N) is 1. The van der Waals surface area contributed by atoms with Crippen molar-refractivity contribution in [2.45, 2.75) is 32.9 Å². The third kappa shape index (κ3) is 4.57. The van der Waals surface area contributed by atoms with Crippen molar-refractivity contribution in [1.82, 2.24) is 10.6 Å². The molecular weight excluding hydrogens is 249 g/mol. The molecule has 0 heterocycles. The lowest BCUT2D eigenvalue weighted by Crippen LogP contribution is -2.46. The molecule has 1 rings (SSSR count). The lowest BCUT2D eigenvalue weighted by atomic mass is 10.1. The van der Waals surface area contributed by atoms with Gasteiger partial charge in [0.25, 0.3) is 5.91 Å². The summed E-state index contributed by atoms with van der Waals surface area (Å²) >= 11 is 0. The summed E-state index contributed by atoms with van der Waals surface area (Å²) in [5.74, 6) is -1.44. The molecular formula is C13H18FN3O2. The van der Waals surface area contributed by atoms with Crippen molar-refractivity contribution in [2.75, 3.05) is 5.73 Å². The minimum Gasteiger partial charge on any atom is -0.399 e. The van der Waals surface area contributed by atoms with Crippen LogP contribution in [0.25, 0.3) is 0 Å². The molecule has 0 saturated heterocycles. The van der Waals surface area contributed by atoms with Gasteiger partial charge in [0.2, 0.25) is 5.91 Å². The van der Waals surface area contributed by atoms with Gasteiger partial charge in [-0.3, -0.25) is 9.59 Å². The van der Waals surface area contributed by atoms with E-state index < -0.39 is 17.8 Å². The van der Waals surface area contributed by atoms with Crippen molar-refractivity contribution >= 4 is 17.5 Å². The Bertz CT molecular complexity index is 469. The Morgan fingerprint density at radius 3 is 2.32 bits per heavy atom. The molecule has 5 nitrogen and oxygen atoms in total. The number of anilines is 1. The molecule has 6 heteroatoms. The van der Waals surface area contributed by atoms with E-state index >= 15 is 0 Å². The second-order valence-electron chi connectivity index (χ2n) is 4.63. The van der Waals surface area contributed by atoms with Gasteiger partial charge >= 0.3 is 0 Å². The number of rotatable bonds is 4. The number of hydrogen-bond donors (Lipinski definition) is 3. The lowest BCUT2D eigenvalue weighted by Gasteiger charge is -2.16. The molecule has 0 fully saturated rings. The van der Waals surface area contributed by atoms with Gasteiger partial charge in [0.05, 0.1) is 0 Å². The predicted molar refractivity (Wildman–Crippen MR) is 71.0 cm³/mol. The second kappa shape index (κ2) is 6.17. The summed E-state index contributed by atoms with van der Waals surface area (Å²) in [5.41, 5.74) is 5.70. The molecule has 0 aromatic heterocycles. The van der Waals surface area contributed by atoms with E-state index in [1.54, 1.807) is 6.92 Å². The van der Waals surface area contributed by atoms with Gasteiger partial charge in [-0.1, -0.05) is 0 Å². The molecule has 0 radical (unpaired) electrons. The van der Waals surface area contributed by atoms with Gasteiger partial charge in [0.15, 0.2) is 0 Å². The van der Waals surface area contributed by atoms with Crippen molar-refractivity contribution < 1.29 is 14.0 Å². The van der Waals surface area contributed by atoms with E-state index in [1.165, 1.54) is 6.07 Å². The smallest absolute Gasteiger partial charge is 0.252 e. The number of benzene rings is 1. The molecule has 0 aliphatic rings. The van der Waals surface area contributed by atoms with Crippen LogP contribution in [0.1, 0.15) is 31.1 Å². The number of carbonyl (C=O) groups is 2. The Balaban J connectivity index is 2.71. The zero-order valence-electron chi connectivity index (χ0n) is 11.2. The molecule has 0 aliphatic carbocycles. The van der Waals surface area contributed by atoms with Crippen LogP contribution in [-0.4, -0.2) is 23.9 Å². The fraction of sp³-hybridized carbons (Fsp3) is 0.385. The molecule has 0 spiro atoms. The Labute approximate surface area is 111 Å². The standard InChI is InChI=1S/C13H18FN3O2/c1-7(2)16-12(18)8(3)17-13(19)9-4-10(14)6-11(15)5-9/h4-8H,15H2,1-3H3,(H,16,18)(H,17,19). The van der Waals surface area contributed by atoms with Crippen molar-refractivity contribution in [3.63, 3.8) is 0 Å². The van der Waals surface area contributed by atoms with Gasteiger partial charge < -0.3 is 16.4 Å². The van der Waals surface area contributed by atoms with E-state index in [0.29, 0.717) is 0 Å². The fourth-order valence-electron chi connectivity index (χ4n) is 1.50. The van der Waals surface area contributed by atoms with Crippen molar-refractivity contribution in [3.8, 4) is 0 Å². The average Bonchev–Trinajstić information content (AvgIpc) is 2.26. The van der Waals surface area contributed by atoms with Crippen LogP contribution in [-0.2, 0) is 4.79 Å². The normalized spacial score (nSPS) is 12.1. The monoisotopic (exact) mass is 267 g/mol. The zero-order chi connectivity index (χ0) is 14.6. The van der Waals surface area contributed by atoms with E-state index in [-0.39, 0.29) is 23.2 Å². The molecule has 1 aromatic carbocycles. The van der Waals surface area contributed by atoms with Crippen LogP contribution in [0.4, 0.5) is 10.1 Å². The first-order valence-electron chi connectivity index (χ1n) is 5.97. The van der Waals surface area contributed by atoms with Crippen LogP contribution >= 0.6 is 0 Å². The van der Waals surface area contributed by atoms with Gasteiger partial charge in [-0.25, -0.2) is 4.39 Å². The van der Waals surface area contributed by atoms with E-state index in [0.717, 1.165) is 12.1 Å². The number of hydrogen-bond acceptors (Lipinski definition) is 3. The van der Waals surface area contributed by atoms with E-state index in [4.69, 9.17) is 5.73 Å². The van der Waals surface area contributed by atoms with E-state index in [1.807, 2.05) is 13.8 Å². The molecule has 104 valence electrons. The summed E-state index contributed by atoms with van der Waals surface area (Å²) in [6.07, 6.45) is 0. The molecule has 0 saturated carbocycles. The minimum absolute atomic E-state index is 0.0170. The van der Waals surface area contributed by atoms with Crippen LogP contribution in [0, 0.1) is 5.82 Å². The molecule has 1 atom stereocenters. The number of amides is 2. The summed E-state index contributed by atoms with van der Waals surface area (Å²) in [4.78, 5) is 23.5. The maximum Gasteiger partial charge on any atom is 0.252 e. The molecule has 1 aromatic rings. The Hall–Kier alpha value is -2.11. The molecule has 2 amide bonds. The van der Waals surface area contributed by atoms with Crippen LogP contribution in [0.5, 0.6) is 0 Å². The quantitative estimate of drug-likeness (QED) is 0.713. The summed E-state index contributed by atoms with van der Waals surface area (Å²) < 4.78 is 13.1. The summed E-state index contributed by atoms with van der Waals surface area (Å²) in [5, 5.41) is 5.15. The first kappa shape index (κ1) is 14.9. The highest BCUT2D eigenvalue weighted by molar-refractivity contribution is 5.98. The summed E-state index contributed by atoms with van der Waals surface area (Å²) in [6.45, 7) is 5.19. The highest BCUT2D eigenvalue weighted by Gasteiger charge is 2.17. The maximum absolute atomic E-state index is 13.1. The van der Waals surface area contributed by atoms with Crippen molar-refractivity contribution in [2.24, 2.45) is 0 Å². The van der Waals surface area contributed by atoms with Crippen LogP contribution in [0.2, 0.25) is 0 Å². The number of nitrogen functional groups attached to an aromatic ring is 1. The first-order valence-corrected chi connectivity index (χ1v) is 5.97. The minimum atomic E-state index is -0.709. The average molecular weight is 267 g/mol. The van der Waals surface area contributed by atoms with E-state index in [2.05, 4.69) is 10.6 Å². The molecule has 4 N–H and O–H groups in total. The van der Waals surface area contributed by atoms with Crippen LogP contribution < -0.4 is 16.4 Å². The highest BCUT2D eigenvalue weighted by Crippen LogP contribution is 2.10. The van der Waals surface area contributed by atoms with Crippen molar-refractivity contribution in [1.29, 1.82) is 0 Å².